The van der Waals surface area contributed by atoms with Gasteiger partial charge in [-0.1, -0.05) is 0 Å². The van der Waals surface area contributed by atoms with Crippen molar-refractivity contribution in [2.24, 2.45) is 0 Å². The molecule has 1 aromatic carbocycles. The van der Waals surface area contributed by atoms with E-state index in [0.29, 0.717) is 11.3 Å². The van der Waals surface area contributed by atoms with Crippen LogP contribution in [0.2, 0.25) is 0 Å². The normalized spacial score (nSPS) is 10.6. The SMILES string of the molecule is Cc1cc(C(=O)COc2ccc([N+](=O)[O-])cc2)c(C)n1-c1nccs1. The molecule has 0 unspecified atom stereocenters. The number of rotatable bonds is 6. The maximum absolute atomic E-state index is 12.5. The van der Waals surface area contributed by atoms with E-state index in [9.17, 15) is 14.9 Å². The van der Waals surface area contributed by atoms with Crippen LogP contribution in [0.15, 0.2) is 41.9 Å². The Morgan fingerprint density at radius 1 is 1.32 bits per heavy atom. The first-order chi connectivity index (χ1) is 12.0. The molecule has 0 saturated carbocycles. The summed E-state index contributed by atoms with van der Waals surface area (Å²) in [6.45, 7) is 3.65. The first-order valence-corrected chi connectivity index (χ1v) is 8.34. The Bertz CT molecular complexity index is 914. The van der Waals surface area contributed by atoms with Crippen molar-refractivity contribution in [1.82, 2.24) is 9.55 Å². The fourth-order valence-corrected chi connectivity index (χ4v) is 3.31. The highest BCUT2D eigenvalue weighted by atomic mass is 32.1. The highest BCUT2D eigenvalue weighted by Crippen LogP contribution is 2.23. The number of carbonyl (C=O) groups excluding carboxylic acids is 1. The second-order valence-corrected chi connectivity index (χ2v) is 6.27. The van der Waals surface area contributed by atoms with Crippen molar-refractivity contribution in [3.05, 3.63) is 69.0 Å². The number of thiazole rings is 1. The molecule has 2 aromatic heterocycles. The van der Waals surface area contributed by atoms with Crippen LogP contribution in [0.4, 0.5) is 5.69 Å². The van der Waals surface area contributed by atoms with E-state index in [-0.39, 0.29) is 18.1 Å². The van der Waals surface area contributed by atoms with Gasteiger partial charge < -0.3 is 4.74 Å². The average Bonchev–Trinajstić information content (AvgIpc) is 3.21. The lowest BCUT2D eigenvalue weighted by molar-refractivity contribution is -0.384. The molecule has 7 nitrogen and oxygen atoms in total. The zero-order chi connectivity index (χ0) is 18.0. The number of ketones is 1. The molecule has 0 aliphatic heterocycles. The summed E-state index contributed by atoms with van der Waals surface area (Å²) < 4.78 is 7.39. The molecule has 0 radical (unpaired) electrons. The maximum Gasteiger partial charge on any atom is 0.269 e. The average molecular weight is 357 g/mol. The molecule has 8 heteroatoms. The van der Waals surface area contributed by atoms with Crippen molar-refractivity contribution < 1.29 is 14.5 Å². The van der Waals surface area contributed by atoms with Crippen LogP contribution in [0.5, 0.6) is 5.75 Å². The molecule has 0 aliphatic carbocycles. The number of nitrogens with zero attached hydrogens (tertiary/aromatic N) is 3. The first kappa shape index (κ1) is 16.8. The Morgan fingerprint density at radius 2 is 2.04 bits per heavy atom. The number of Topliss-reactive ketones (excluding diaryl/α,β-unsaturated/α-hetero) is 1. The van der Waals surface area contributed by atoms with E-state index >= 15 is 0 Å². The Morgan fingerprint density at radius 3 is 2.64 bits per heavy atom. The molecular weight excluding hydrogens is 342 g/mol. The standard InChI is InChI=1S/C17H15N3O4S/c1-11-9-15(12(2)19(11)17-18-7-8-25-17)16(21)10-24-14-5-3-13(4-6-14)20(22)23/h3-9H,10H2,1-2H3. The molecular formula is C17H15N3O4S. The van der Waals surface area contributed by atoms with Gasteiger partial charge in [0.05, 0.1) is 4.92 Å². The lowest BCUT2D eigenvalue weighted by atomic mass is 10.1. The van der Waals surface area contributed by atoms with Gasteiger partial charge in [0.2, 0.25) is 5.78 Å². The minimum Gasteiger partial charge on any atom is -0.485 e. The van der Waals surface area contributed by atoms with Crippen LogP contribution in [-0.2, 0) is 0 Å². The zero-order valence-electron chi connectivity index (χ0n) is 13.6. The Labute approximate surface area is 147 Å². The minimum absolute atomic E-state index is 0.0225. The topological polar surface area (TPSA) is 87.3 Å². The van der Waals surface area contributed by atoms with E-state index in [1.807, 2.05) is 29.9 Å². The van der Waals surface area contributed by atoms with Crippen LogP contribution >= 0.6 is 11.3 Å². The number of aryl methyl sites for hydroxylation is 1. The molecule has 0 fully saturated rings. The Hall–Kier alpha value is -3.00. The summed E-state index contributed by atoms with van der Waals surface area (Å²) in [7, 11) is 0. The minimum atomic E-state index is -0.484. The van der Waals surface area contributed by atoms with Gasteiger partial charge >= 0.3 is 0 Å². The number of aromatic nitrogens is 2. The summed E-state index contributed by atoms with van der Waals surface area (Å²) in [5, 5.41) is 13.3. The smallest absolute Gasteiger partial charge is 0.269 e. The van der Waals surface area contributed by atoms with Crippen molar-refractivity contribution in [2.75, 3.05) is 6.61 Å². The highest BCUT2D eigenvalue weighted by molar-refractivity contribution is 7.12. The Kier molecular flexibility index (Phi) is 4.62. The fourth-order valence-electron chi connectivity index (χ4n) is 2.56. The highest BCUT2D eigenvalue weighted by Gasteiger charge is 2.18. The third kappa shape index (κ3) is 3.43. The van der Waals surface area contributed by atoms with Gasteiger partial charge in [0.1, 0.15) is 5.75 Å². The number of nitro groups is 1. The lowest BCUT2D eigenvalue weighted by Gasteiger charge is -2.07. The third-order valence-electron chi connectivity index (χ3n) is 3.76. The summed E-state index contributed by atoms with van der Waals surface area (Å²) in [6.07, 6.45) is 1.72. The second-order valence-electron chi connectivity index (χ2n) is 5.40. The predicted molar refractivity (Wildman–Crippen MR) is 93.8 cm³/mol. The number of nitro benzene ring substituents is 1. The van der Waals surface area contributed by atoms with Crippen molar-refractivity contribution in [3.8, 4) is 10.9 Å². The number of non-ortho nitro benzene ring substituents is 1. The number of ether oxygens (including phenoxy) is 1. The molecule has 3 rings (SSSR count). The molecule has 0 aliphatic rings. The number of hydrogen-bond acceptors (Lipinski definition) is 6. The van der Waals surface area contributed by atoms with E-state index < -0.39 is 4.92 Å². The van der Waals surface area contributed by atoms with Crippen LogP contribution in [0.1, 0.15) is 21.7 Å². The van der Waals surface area contributed by atoms with E-state index in [0.717, 1.165) is 16.5 Å². The van der Waals surface area contributed by atoms with Gasteiger partial charge in [0.15, 0.2) is 11.7 Å². The van der Waals surface area contributed by atoms with Crippen molar-refractivity contribution >= 4 is 22.8 Å². The van der Waals surface area contributed by atoms with Crippen LogP contribution in [-0.4, -0.2) is 26.9 Å². The zero-order valence-corrected chi connectivity index (χ0v) is 14.4. The van der Waals surface area contributed by atoms with Crippen LogP contribution in [0, 0.1) is 24.0 Å². The lowest BCUT2D eigenvalue weighted by Crippen LogP contribution is -2.12. The van der Waals surface area contributed by atoms with Crippen LogP contribution in [0.3, 0.4) is 0 Å². The molecule has 2 heterocycles. The van der Waals surface area contributed by atoms with Gasteiger partial charge in [-0.05, 0) is 32.0 Å². The first-order valence-electron chi connectivity index (χ1n) is 7.46. The monoisotopic (exact) mass is 357 g/mol. The molecule has 0 bridgehead atoms. The van der Waals surface area contributed by atoms with Gasteiger partial charge in [-0.25, -0.2) is 4.98 Å². The number of carbonyl (C=O) groups is 1. The summed E-state index contributed by atoms with van der Waals surface area (Å²) in [5.41, 5.74) is 2.29. The van der Waals surface area contributed by atoms with Gasteiger partial charge in [-0.2, -0.15) is 0 Å². The predicted octanol–water partition coefficient (Wildman–Crippen LogP) is 3.72. The van der Waals surface area contributed by atoms with Crippen molar-refractivity contribution in [3.63, 3.8) is 0 Å². The molecule has 128 valence electrons. The largest absolute Gasteiger partial charge is 0.485 e. The fraction of sp³-hybridized carbons (Fsp3) is 0.176. The van der Waals surface area contributed by atoms with Crippen LogP contribution in [0.25, 0.3) is 5.13 Å². The third-order valence-corrected chi connectivity index (χ3v) is 4.52. The van der Waals surface area contributed by atoms with Gasteiger partial charge in [0, 0.05) is 40.7 Å². The summed E-state index contributed by atoms with van der Waals surface area (Å²) >= 11 is 1.50. The van der Waals surface area contributed by atoms with Crippen molar-refractivity contribution in [1.29, 1.82) is 0 Å². The molecule has 0 saturated heterocycles. The molecule has 0 spiro atoms. The van der Waals surface area contributed by atoms with E-state index in [1.54, 1.807) is 6.20 Å². The van der Waals surface area contributed by atoms with E-state index in [1.165, 1.54) is 35.6 Å². The van der Waals surface area contributed by atoms with Gasteiger partial charge in [-0.3, -0.25) is 19.5 Å². The van der Waals surface area contributed by atoms with Crippen LogP contribution < -0.4 is 4.74 Å². The quantitative estimate of drug-likeness (QED) is 0.381. The Balaban J connectivity index is 1.74. The molecule has 0 amide bonds. The van der Waals surface area contributed by atoms with Gasteiger partial charge in [-0.15, -0.1) is 11.3 Å². The maximum atomic E-state index is 12.5. The van der Waals surface area contributed by atoms with E-state index in [2.05, 4.69) is 4.98 Å². The molecule has 0 atom stereocenters. The number of hydrogen-bond donors (Lipinski definition) is 0. The summed E-state index contributed by atoms with van der Waals surface area (Å²) in [6, 6.07) is 7.45. The number of benzene rings is 1. The van der Waals surface area contributed by atoms with E-state index in [4.69, 9.17) is 4.74 Å². The molecule has 3 aromatic rings. The summed E-state index contributed by atoms with van der Waals surface area (Å²) in [4.78, 5) is 26.9. The van der Waals surface area contributed by atoms with Gasteiger partial charge in [0.25, 0.3) is 5.69 Å². The molecule has 0 N–H and O–H groups in total. The molecule has 25 heavy (non-hydrogen) atoms. The second kappa shape index (κ2) is 6.86. The summed E-state index contributed by atoms with van der Waals surface area (Å²) in [5.74, 6) is 0.252. The van der Waals surface area contributed by atoms with Crippen molar-refractivity contribution in [2.45, 2.75) is 13.8 Å².